The first-order valence-corrected chi connectivity index (χ1v) is 8.31. The average Bonchev–Trinajstić information content (AvgIpc) is 2.54. The molecule has 1 aromatic rings. The molecular weight excluding hydrogens is 272 g/mol. The Labute approximate surface area is 134 Å². The molecule has 0 fully saturated rings. The van der Waals surface area contributed by atoms with E-state index in [4.69, 9.17) is 9.47 Å². The molecule has 0 aliphatic carbocycles. The summed E-state index contributed by atoms with van der Waals surface area (Å²) < 4.78 is 11.8. The van der Waals surface area contributed by atoms with Gasteiger partial charge in [0.1, 0.15) is 0 Å². The fourth-order valence-electron chi connectivity index (χ4n) is 2.58. The van der Waals surface area contributed by atoms with Crippen LogP contribution in [0.25, 0.3) is 0 Å². The SMILES string of the molecule is CC(C)=CC[C@@H]1C=CC[C@@H](CCCOCc2ccccc2)O1. The molecule has 1 aromatic carbocycles. The standard InChI is InChI=1S/C20H28O2/c1-17(2)13-14-20-11-6-10-19(22-20)12-7-15-21-16-18-8-4-3-5-9-18/h3-6,8-9,11,13,19-20H,7,10,12,14-16H2,1-2H3/t19-,20-/m0/s1. The summed E-state index contributed by atoms with van der Waals surface area (Å²) in [6.07, 6.45) is 11.5. The zero-order valence-corrected chi connectivity index (χ0v) is 13.8. The van der Waals surface area contributed by atoms with Crippen molar-refractivity contribution in [2.45, 2.75) is 58.3 Å². The number of benzene rings is 1. The molecule has 0 radical (unpaired) electrons. The predicted molar refractivity (Wildman–Crippen MR) is 91.8 cm³/mol. The summed E-state index contributed by atoms with van der Waals surface area (Å²) in [7, 11) is 0. The molecule has 0 saturated heterocycles. The first kappa shape index (κ1) is 17.0. The molecule has 1 aliphatic rings. The predicted octanol–water partition coefficient (Wildman–Crippen LogP) is 5.05. The van der Waals surface area contributed by atoms with Crippen LogP contribution in [-0.2, 0) is 16.1 Å². The van der Waals surface area contributed by atoms with Crippen molar-refractivity contribution in [1.29, 1.82) is 0 Å². The first-order chi connectivity index (χ1) is 10.7. The lowest BCUT2D eigenvalue weighted by molar-refractivity contribution is -0.00305. The molecule has 0 spiro atoms. The van der Waals surface area contributed by atoms with Crippen LogP contribution in [-0.4, -0.2) is 18.8 Å². The van der Waals surface area contributed by atoms with Gasteiger partial charge in [-0.2, -0.15) is 0 Å². The molecule has 0 N–H and O–H groups in total. The highest BCUT2D eigenvalue weighted by Crippen LogP contribution is 2.19. The van der Waals surface area contributed by atoms with E-state index in [9.17, 15) is 0 Å². The molecule has 2 nitrogen and oxygen atoms in total. The number of hydrogen-bond donors (Lipinski definition) is 0. The lowest BCUT2D eigenvalue weighted by Gasteiger charge is -2.25. The highest BCUT2D eigenvalue weighted by Gasteiger charge is 2.16. The molecule has 0 amide bonds. The number of rotatable bonds is 8. The second-order valence-corrected chi connectivity index (χ2v) is 6.16. The van der Waals surface area contributed by atoms with Gasteiger partial charge in [0.15, 0.2) is 0 Å². The smallest absolute Gasteiger partial charge is 0.0794 e. The fraction of sp³-hybridized carbons (Fsp3) is 0.500. The van der Waals surface area contributed by atoms with Crippen molar-refractivity contribution in [1.82, 2.24) is 0 Å². The van der Waals surface area contributed by atoms with Crippen LogP contribution >= 0.6 is 0 Å². The lowest BCUT2D eigenvalue weighted by Crippen LogP contribution is -2.24. The molecule has 22 heavy (non-hydrogen) atoms. The van der Waals surface area contributed by atoms with E-state index in [0.29, 0.717) is 12.7 Å². The Balaban J connectivity index is 1.59. The molecule has 0 saturated carbocycles. The zero-order valence-electron chi connectivity index (χ0n) is 13.8. The Morgan fingerprint density at radius 2 is 2.09 bits per heavy atom. The van der Waals surface area contributed by atoms with Crippen LogP contribution in [0.5, 0.6) is 0 Å². The van der Waals surface area contributed by atoms with Gasteiger partial charge in [0, 0.05) is 6.61 Å². The summed E-state index contributed by atoms with van der Waals surface area (Å²) >= 11 is 0. The van der Waals surface area contributed by atoms with E-state index in [1.54, 1.807) is 0 Å². The maximum Gasteiger partial charge on any atom is 0.0794 e. The summed E-state index contributed by atoms with van der Waals surface area (Å²) in [5, 5.41) is 0. The lowest BCUT2D eigenvalue weighted by atomic mass is 10.0. The van der Waals surface area contributed by atoms with Crippen molar-refractivity contribution >= 4 is 0 Å². The third-order valence-electron chi connectivity index (χ3n) is 3.80. The van der Waals surface area contributed by atoms with Gasteiger partial charge >= 0.3 is 0 Å². The summed E-state index contributed by atoms with van der Waals surface area (Å²) in [5.41, 5.74) is 2.59. The number of allylic oxidation sites excluding steroid dienone is 1. The van der Waals surface area contributed by atoms with Gasteiger partial charge in [-0.25, -0.2) is 0 Å². The topological polar surface area (TPSA) is 18.5 Å². The van der Waals surface area contributed by atoms with Crippen LogP contribution in [0, 0.1) is 0 Å². The highest BCUT2D eigenvalue weighted by molar-refractivity contribution is 5.13. The molecule has 2 atom stereocenters. The van der Waals surface area contributed by atoms with E-state index < -0.39 is 0 Å². The molecule has 0 unspecified atom stereocenters. The third kappa shape index (κ3) is 6.59. The Kier molecular flexibility index (Phi) is 7.41. The van der Waals surface area contributed by atoms with Gasteiger partial charge in [0.25, 0.3) is 0 Å². The molecule has 0 aromatic heterocycles. The quantitative estimate of drug-likeness (QED) is 0.494. The minimum atomic E-state index is 0.249. The van der Waals surface area contributed by atoms with Gasteiger partial charge < -0.3 is 9.47 Å². The molecule has 1 aliphatic heterocycles. The molecule has 2 rings (SSSR count). The number of hydrogen-bond acceptors (Lipinski definition) is 2. The van der Waals surface area contributed by atoms with E-state index in [2.05, 4.69) is 44.2 Å². The summed E-state index contributed by atoms with van der Waals surface area (Å²) in [4.78, 5) is 0. The van der Waals surface area contributed by atoms with Crippen LogP contribution in [0.15, 0.2) is 54.1 Å². The van der Waals surface area contributed by atoms with Gasteiger partial charge in [-0.1, -0.05) is 54.1 Å². The van der Waals surface area contributed by atoms with E-state index >= 15 is 0 Å². The van der Waals surface area contributed by atoms with Gasteiger partial charge in [-0.3, -0.25) is 0 Å². The first-order valence-electron chi connectivity index (χ1n) is 8.31. The normalized spacial score (nSPS) is 20.8. The van der Waals surface area contributed by atoms with Crippen molar-refractivity contribution in [3.63, 3.8) is 0 Å². The monoisotopic (exact) mass is 300 g/mol. The van der Waals surface area contributed by atoms with Crippen molar-refractivity contribution in [2.24, 2.45) is 0 Å². The minimum absolute atomic E-state index is 0.249. The van der Waals surface area contributed by atoms with Crippen molar-refractivity contribution in [3.8, 4) is 0 Å². The van der Waals surface area contributed by atoms with Crippen LogP contribution in [0.1, 0.15) is 45.1 Å². The Morgan fingerprint density at radius 3 is 2.86 bits per heavy atom. The Morgan fingerprint density at radius 1 is 1.27 bits per heavy atom. The van der Waals surface area contributed by atoms with E-state index in [-0.39, 0.29) is 6.10 Å². The summed E-state index contributed by atoms with van der Waals surface area (Å²) in [6.45, 7) is 5.77. The second kappa shape index (κ2) is 9.60. The maximum absolute atomic E-state index is 6.11. The molecule has 2 heteroatoms. The van der Waals surface area contributed by atoms with E-state index in [1.807, 2.05) is 18.2 Å². The molecule has 120 valence electrons. The fourth-order valence-corrected chi connectivity index (χ4v) is 2.58. The maximum atomic E-state index is 6.11. The van der Waals surface area contributed by atoms with Gasteiger partial charge in [-0.05, 0) is 45.1 Å². The van der Waals surface area contributed by atoms with Crippen LogP contribution in [0.4, 0.5) is 0 Å². The highest BCUT2D eigenvalue weighted by atomic mass is 16.5. The summed E-state index contributed by atoms with van der Waals surface area (Å²) in [5.74, 6) is 0. The van der Waals surface area contributed by atoms with E-state index in [0.717, 1.165) is 32.3 Å². The van der Waals surface area contributed by atoms with Crippen molar-refractivity contribution < 1.29 is 9.47 Å². The van der Waals surface area contributed by atoms with Gasteiger partial charge in [-0.15, -0.1) is 0 Å². The third-order valence-corrected chi connectivity index (χ3v) is 3.80. The Bertz CT molecular complexity index is 472. The molecule has 1 heterocycles. The summed E-state index contributed by atoms with van der Waals surface area (Å²) in [6, 6.07) is 10.3. The second-order valence-electron chi connectivity index (χ2n) is 6.16. The zero-order chi connectivity index (χ0) is 15.6. The molecular formula is C20H28O2. The van der Waals surface area contributed by atoms with Crippen molar-refractivity contribution in [3.05, 3.63) is 59.7 Å². The average molecular weight is 300 g/mol. The van der Waals surface area contributed by atoms with Crippen LogP contribution in [0.3, 0.4) is 0 Å². The largest absolute Gasteiger partial charge is 0.377 e. The Hall–Kier alpha value is -1.38. The van der Waals surface area contributed by atoms with Gasteiger partial charge in [0.2, 0.25) is 0 Å². The van der Waals surface area contributed by atoms with E-state index in [1.165, 1.54) is 11.1 Å². The van der Waals surface area contributed by atoms with Crippen LogP contribution < -0.4 is 0 Å². The van der Waals surface area contributed by atoms with Crippen LogP contribution in [0.2, 0.25) is 0 Å². The molecule has 0 bridgehead atoms. The van der Waals surface area contributed by atoms with Gasteiger partial charge in [0.05, 0.1) is 18.8 Å². The van der Waals surface area contributed by atoms with Crippen molar-refractivity contribution in [2.75, 3.05) is 6.61 Å². The number of ether oxygens (including phenoxy) is 2. The minimum Gasteiger partial charge on any atom is -0.377 e.